The molecular weight excluding hydrogens is 230 g/mol. The summed E-state index contributed by atoms with van der Waals surface area (Å²) < 4.78 is 16.9. The number of ether oxygens (including phenoxy) is 3. The smallest absolute Gasteiger partial charge is 0.0813 e. The van der Waals surface area contributed by atoms with Crippen molar-refractivity contribution in [2.75, 3.05) is 32.9 Å². The first-order chi connectivity index (χ1) is 8.72. The van der Waals surface area contributed by atoms with Crippen LogP contribution in [-0.4, -0.2) is 51.2 Å². The summed E-state index contributed by atoms with van der Waals surface area (Å²) in [7, 11) is 0. The summed E-state index contributed by atoms with van der Waals surface area (Å²) in [5.41, 5.74) is 0. The Kier molecular flexibility index (Phi) is 8.59. The maximum absolute atomic E-state index is 5.91. The number of nitrogens with one attached hydrogen (secondary N) is 1. The molecule has 0 amide bonds. The van der Waals surface area contributed by atoms with Gasteiger partial charge in [0.05, 0.1) is 38.1 Å². The zero-order chi connectivity index (χ0) is 13.2. The fourth-order valence-corrected chi connectivity index (χ4v) is 2.05. The van der Waals surface area contributed by atoms with Crippen LogP contribution in [0.1, 0.15) is 40.0 Å². The van der Waals surface area contributed by atoms with Gasteiger partial charge in [0, 0.05) is 6.54 Å². The summed E-state index contributed by atoms with van der Waals surface area (Å²) in [6, 6.07) is 0. The lowest BCUT2D eigenvalue weighted by atomic mass is 10.2. The van der Waals surface area contributed by atoms with E-state index >= 15 is 0 Å². The third-order valence-corrected chi connectivity index (χ3v) is 2.98. The highest BCUT2D eigenvalue weighted by molar-refractivity contribution is 4.75. The molecule has 0 aromatic rings. The van der Waals surface area contributed by atoms with Crippen LogP contribution in [0.25, 0.3) is 0 Å². The normalized spacial score (nSPS) is 24.0. The van der Waals surface area contributed by atoms with Crippen LogP contribution in [0, 0.1) is 0 Å². The second kappa shape index (κ2) is 9.73. The van der Waals surface area contributed by atoms with Crippen molar-refractivity contribution in [1.29, 1.82) is 0 Å². The van der Waals surface area contributed by atoms with Gasteiger partial charge in [0.15, 0.2) is 0 Å². The van der Waals surface area contributed by atoms with Gasteiger partial charge < -0.3 is 19.5 Å². The standard InChI is InChI=1S/C14H29NO3/c1-4-7-15-10-13-5-6-14(18-13)11-16-8-9-17-12(2)3/h12-15H,4-11H2,1-3H3. The fourth-order valence-electron chi connectivity index (χ4n) is 2.05. The Balaban J connectivity index is 1.94. The zero-order valence-corrected chi connectivity index (χ0v) is 12.1. The molecule has 0 aromatic carbocycles. The summed E-state index contributed by atoms with van der Waals surface area (Å²) in [5, 5.41) is 3.40. The highest BCUT2D eigenvalue weighted by Crippen LogP contribution is 2.19. The van der Waals surface area contributed by atoms with E-state index < -0.39 is 0 Å². The summed E-state index contributed by atoms with van der Waals surface area (Å²) >= 11 is 0. The minimum absolute atomic E-state index is 0.275. The van der Waals surface area contributed by atoms with Crippen LogP contribution >= 0.6 is 0 Å². The third-order valence-electron chi connectivity index (χ3n) is 2.98. The average Bonchev–Trinajstić information content (AvgIpc) is 2.77. The maximum Gasteiger partial charge on any atom is 0.0813 e. The number of hydrogen-bond donors (Lipinski definition) is 1. The average molecular weight is 259 g/mol. The Morgan fingerprint density at radius 1 is 1.22 bits per heavy atom. The van der Waals surface area contributed by atoms with Crippen LogP contribution in [0.4, 0.5) is 0 Å². The van der Waals surface area contributed by atoms with Gasteiger partial charge in [0.2, 0.25) is 0 Å². The van der Waals surface area contributed by atoms with Gasteiger partial charge in [-0.15, -0.1) is 0 Å². The molecule has 4 heteroatoms. The van der Waals surface area contributed by atoms with Gasteiger partial charge in [0.1, 0.15) is 0 Å². The molecule has 0 bridgehead atoms. The maximum atomic E-state index is 5.91. The Morgan fingerprint density at radius 2 is 2.00 bits per heavy atom. The Hall–Kier alpha value is -0.160. The molecular formula is C14H29NO3. The first-order valence-corrected chi connectivity index (χ1v) is 7.28. The highest BCUT2D eigenvalue weighted by atomic mass is 16.6. The molecule has 4 nitrogen and oxygen atoms in total. The van der Waals surface area contributed by atoms with E-state index in [1.54, 1.807) is 0 Å². The van der Waals surface area contributed by atoms with Gasteiger partial charge in [-0.3, -0.25) is 0 Å². The Morgan fingerprint density at radius 3 is 2.72 bits per heavy atom. The Bertz CT molecular complexity index is 199. The van der Waals surface area contributed by atoms with Crippen molar-refractivity contribution in [3.05, 3.63) is 0 Å². The summed E-state index contributed by atoms with van der Waals surface area (Å²) in [6.45, 7) is 10.3. The summed E-state index contributed by atoms with van der Waals surface area (Å²) in [5.74, 6) is 0. The van der Waals surface area contributed by atoms with Crippen LogP contribution in [0.5, 0.6) is 0 Å². The van der Waals surface area contributed by atoms with Crippen LogP contribution < -0.4 is 5.32 Å². The van der Waals surface area contributed by atoms with Gasteiger partial charge in [-0.25, -0.2) is 0 Å². The zero-order valence-electron chi connectivity index (χ0n) is 12.1. The molecule has 1 aliphatic heterocycles. The second-order valence-electron chi connectivity index (χ2n) is 5.16. The van der Waals surface area contributed by atoms with E-state index in [4.69, 9.17) is 14.2 Å². The van der Waals surface area contributed by atoms with E-state index in [0.717, 1.165) is 25.9 Å². The van der Waals surface area contributed by atoms with Crippen molar-refractivity contribution in [3.63, 3.8) is 0 Å². The number of rotatable bonds is 10. The van der Waals surface area contributed by atoms with Gasteiger partial charge in [0.25, 0.3) is 0 Å². The van der Waals surface area contributed by atoms with E-state index in [9.17, 15) is 0 Å². The molecule has 0 saturated carbocycles. The third kappa shape index (κ3) is 7.31. The van der Waals surface area contributed by atoms with E-state index in [0.29, 0.717) is 25.9 Å². The fraction of sp³-hybridized carbons (Fsp3) is 1.00. The van der Waals surface area contributed by atoms with Crippen molar-refractivity contribution in [2.24, 2.45) is 0 Å². The molecule has 1 N–H and O–H groups in total. The molecule has 2 atom stereocenters. The first-order valence-electron chi connectivity index (χ1n) is 7.28. The van der Waals surface area contributed by atoms with Crippen molar-refractivity contribution >= 4 is 0 Å². The van der Waals surface area contributed by atoms with Crippen molar-refractivity contribution in [2.45, 2.75) is 58.3 Å². The van der Waals surface area contributed by atoms with Gasteiger partial charge >= 0.3 is 0 Å². The topological polar surface area (TPSA) is 39.7 Å². The van der Waals surface area contributed by atoms with E-state index in [2.05, 4.69) is 12.2 Å². The van der Waals surface area contributed by atoms with Crippen LogP contribution in [0.2, 0.25) is 0 Å². The van der Waals surface area contributed by atoms with Crippen LogP contribution in [0.3, 0.4) is 0 Å². The van der Waals surface area contributed by atoms with E-state index in [-0.39, 0.29) is 12.2 Å². The first kappa shape index (κ1) is 15.9. The highest BCUT2D eigenvalue weighted by Gasteiger charge is 2.24. The molecule has 0 spiro atoms. The predicted molar refractivity (Wildman–Crippen MR) is 73.0 cm³/mol. The lowest BCUT2D eigenvalue weighted by Crippen LogP contribution is -2.28. The van der Waals surface area contributed by atoms with E-state index in [1.807, 2.05) is 13.8 Å². The summed E-state index contributed by atoms with van der Waals surface area (Å²) in [4.78, 5) is 0. The van der Waals surface area contributed by atoms with Gasteiger partial charge in [-0.1, -0.05) is 6.92 Å². The molecule has 108 valence electrons. The molecule has 1 saturated heterocycles. The molecule has 2 unspecified atom stereocenters. The lowest BCUT2D eigenvalue weighted by Gasteiger charge is -2.15. The van der Waals surface area contributed by atoms with Crippen molar-refractivity contribution in [3.8, 4) is 0 Å². The SMILES string of the molecule is CCCNCC1CCC(COCCOC(C)C)O1. The molecule has 0 radical (unpaired) electrons. The molecule has 18 heavy (non-hydrogen) atoms. The monoisotopic (exact) mass is 259 g/mol. The van der Waals surface area contributed by atoms with Crippen molar-refractivity contribution < 1.29 is 14.2 Å². The Labute approximate surface area is 111 Å². The second-order valence-corrected chi connectivity index (χ2v) is 5.16. The van der Waals surface area contributed by atoms with Crippen LogP contribution in [-0.2, 0) is 14.2 Å². The minimum atomic E-state index is 0.275. The molecule has 1 aliphatic rings. The molecule has 0 aliphatic carbocycles. The van der Waals surface area contributed by atoms with Crippen molar-refractivity contribution in [1.82, 2.24) is 5.32 Å². The lowest BCUT2D eigenvalue weighted by molar-refractivity contribution is -0.0350. The van der Waals surface area contributed by atoms with E-state index in [1.165, 1.54) is 6.42 Å². The molecule has 0 aromatic heterocycles. The largest absolute Gasteiger partial charge is 0.376 e. The minimum Gasteiger partial charge on any atom is -0.376 e. The van der Waals surface area contributed by atoms with Gasteiger partial charge in [-0.2, -0.15) is 0 Å². The molecule has 1 fully saturated rings. The molecule has 1 rings (SSSR count). The summed E-state index contributed by atoms with van der Waals surface area (Å²) in [6.07, 6.45) is 4.37. The quantitative estimate of drug-likeness (QED) is 0.609. The van der Waals surface area contributed by atoms with Gasteiger partial charge in [-0.05, 0) is 39.7 Å². The van der Waals surface area contributed by atoms with Crippen LogP contribution in [0.15, 0.2) is 0 Å². The molecule has 1 heterocycles. The number of hydrogen-bond acceptors (Lipinski definition) is 4. The predicted octanol–water partition coefficient (Wildman–Crippen LogP) is 1.98.